The van der Waals surface area contributed by atoms with Crippen molar-refractivity contribution in [2.75, 3.05) is 20.2 Å². The molecule has 3 heterocycles. The molecule has 1 amide bonds. The summed E-state index contributed by atoms with van der Waals surface area (Å²) in [6.07, 6.45) is 3.77. The van der Waals surface area contributed by atoms with Crippen LogP contribution >= 0.6 is 0 Å². The fourth-order valence-corrected chi connectivity index (χ4v) is 3.64. The van der Waals surface area contributed by atoms with Crippen LogP contribution in [0, 0.1) is 6.92 Å². The lowest BCUT2D eigenvalue weighted by Gasteiger charge is -2.31. The van der Waals surface area contributed by atoms with Crippen LogP contribution in [0.15, 0.2) is 42.6 Å². The molecule has 6 heteroatoms. The largest absolute Gasteiger partial charge is 0.496 e. The number of aryl methyl sites for hydroxylation is 1. The number of pyridine rings is 1. The van der Waals surface area contributed by atoms with Crippen molar-refractivity contribution in [1.82, 2.24) is 19.5 Å². The second-order valence-electron chi connectivity index (χ2n) is 6.76. The predicted octanol–water partition coefficient (Wildman–Crippen LogP) is 3.07. The highest BCUT2D eigenvalue weighted by atomic mass is 16.5. The van der Waals surface area contributed by atoms with Gasteiger partial charge in [0.2, 0.25) is 0 Å². The maximum absolute atomic E-state index is 12.9. The van der Waals surface area contributed by atoms with Crippen molar-refractivity contribution in [2.24, 2.45) is 0 Å². The molecule has 1 fully saturated rings. The van der Waals surface area contributed by atoms with Crippen LogP contribution in [0.5, 0.6) is 5.75 Å². The van der Waals surface area contributed by atoms with Crippen molar-refractivity contribution in [3.05, 3.63) is 59.5 Å². The topological polar surface area (TPSA) is 59.7 Å². The Labute approximate surface area is 152 Å². The maximum Gasteiger partial charge on any atom is 0.257 e. The van der Waals surface area contributed by atoms with E-state index in [4.69, 9.17) is 4.74 Å². The predicted molar refractivity (Wildman–Crippen MR) is 98.6 cm³/mol. The summed E-state index contributed by atoms with van der Waals surface area (Å²) < 4.78 is 7.42. The van der Waals surface area contributed by atoms with Gasteiger partial charge in [0.05, 0.1) is 12.7 Å². The molecule has 4 rings (SSSR count). The number of nitrogens with zero attached hydrogens (tertiary/aromatic N) is 4. The molecular weight excluding hydrogens is 328 g/mol. The number of rotatable bonds is 3. The van der Waals surface area contributed by atoms with Crippen molar-refractivity contribution < 1.29 is 9.53 Å². The number of hydrogen-bond acceptors (Lipinski definition) is 4. The first-order chi connectivity index (χ1) is 12.7. The molecule has 6 nitrogen and oxygen atoms in total. The zero-order valence-electron chi connectivity index (χ0n) is 15.1. The molecule has 0 radical (unpaired) electrons. The Kier molecular flexibility index (Phi) is 4.32. The molecule has 1 aliphatic rings. The van der Waals surface area contributed by atoms with E-state index in [-0.39, 0.29) is 5.91 Å². The lowest BCUT2D eigenvalue weighted by molar-refractivity contribution is 0.0707. The second kappa shape index (κ2) is 6.78. The summed E-state index contributed by atoms with van der Waals surface area (Å²) in [5.74, 6) is 1.97. The molecule has 3 aromatic rings. The van der Waals surface area contributed by atoms with E-state index in [0.29, 0.717) is 30.3 Å². The van der Waals surface area contributed by atoms with Crippen LogP contribution in [-0.2, 0) is 0 Å². The Balaban J connectivity index is 1.50. The molecule has 0 spiro atoms. The summed E-state index contributed by atoms with van der Waals surface area (Å²) in [6.45, 7) is 3.41. The molecule has 1 aliphatic heterocycles. The number of piperidine rings is 1. The van der Waals surface area contributed by atoms with E-state index >= 15 is 0 Å². The Bertz CT molecular complexity index is 942. The molecule has 0 aliphatic carbocycles. The van der Waals surface area contributed by atoms with Crippen LogP contribution in [-0.4, -0.2) is 45.6 Å². The van der Waals surface area contributed by atoms with Gasteiger partial charge in [0.25, 0.3) is 5.91 Å². The Morgan fingerprint density at radius 1 is 1.15 bits per heavy atom. The fourth-order valence-electron chi connectivity index (χ4n) is 3.64. The summed E-state index contributed by atoms with van der Waals surface area (Å²) >= 11 is 0. The van der Waals surface area contributed by atoms with Gasteiger partial charge in [-0.25, -0.2) is 0 Å². The van der Waals surface area contributed by atoms with Crippen molar-refractivity contribution >= 4 is 11.6 Å². The van der Waals surface area contributed by atoms with E-state index in [1.54, 1.807) is 7.11 Å². The van der Waals surface area contributed by atoms with Crippen molar-refractivity contribution in [3.63, 3.8) is 0 Å². The van der Waals surface area contributed by atoms with E-state index in [2.05, 4.69) is 10.2 Å². The second-order valence-corrected chi connectivity index (χ2v) is 6.76. The zero-order valence-corrected chi connectivity index (χ0v) is 15.1. The van der Waals surface area contributed by atoms with Gasteiger partial charge in [-0.15, -0.1) is 10.2 Å². The van der Waals surface area contributed by atoms with Crippen LogP contribution in [0.2, 0.25) is 0 Å². The summed E-state index contributed by atoms with van der Waals surface area (Å²) in [4.78, 5) is 14.9. The van der Waals surface area contributed by atoms with Gasteiger partial charge in [-0.3, -0.25) is 9.20 Å². The van der Waals surface area contributed by atoms with Gasteiger partial charge >= 0.3 is 0 Å². The summed E-state index contributed by atoms with van der Waals surface area (Å²) in [7, 11) is 1.60. The number of carbonyl (C=O) groups excluding carboxylic acids is 1. The highest BCUT2D eigenvalue weighted by Crippen LogP contribution is 2.29. The average molecular weight is 350 g/mol. The van der Waals surface area contributed by atoms with Gasteiger partial charge in [-0.05, 0) is 44.0 Å². The van der Waals surface area contributed by atoms with E-state index in [1.807, 2.05) is 58.8 Å². The molecule has 134 valence electrons. The number of ether oxygens (including phenoxy) is 1. The highest BCUT2D eigenvalue weighted by Gasteiger charge is 2.28. The van der Waals surface area contributed by atoms with E-state index in [1.165, 1.54) is 0 Å². The first-order valence-electron chi connectivity index (χ1n) is 8.91. The molecule has 2 aromatic heterocycles. The number of carbonyl (C=O) groups is 1. The first-order valence-corrected chi connectivity index (χ1v) is 8.91. The SMILES string of the molecule is COc1ccc(C)cc1C(=O)N1CCC(c2nnc3ccccn23)CC1. The van der Waals surface area contributed by atoms with Gasteiger partial charge in [-0.2, -0.15) is 0 Å². The zero-order chi connectivity index (χ0) is 18.1. The molecular formula is C20H22N4O2. The van der Waals surface area contributed by atoms with Gasteiger partial charge in [0.1, 0.15) is 11.6 Å². The number of likely N-dealkylation sites (tertiary alicyclic amines) is 1. The van der Waals surface area contributed by atoms with Gasteiger partial charge in [0, 0.05) is 25.2 Å². The Morgan fingerprint density at radius 2 is 1.96 bits per heavy atom. The minimum Gasteiger partial charge on any atom is -0.496 e. The lowest BCUT2D eigenvalue weighted by Crippen LogP contribution is -2.38. The molecule has 0 bridgehead atoms. The van der Waals surface area contributed by atoms with Crippen molar-refractivity contribution in [1.29, 1.82) is 0 Å². The van der Waals surface area contributed by atoms with E-state index in [0.717, 1.165) is 29.9 Å². The maximum atomic E-state index is 12.9. The number of hydrogen-bond donors (Lipinski definition) is 0. The number of methoxy groups -OCH3 is 1. The third-order valence-corrected chi connectivity index (χ3v) is 5.07. The summed E-state index contributed by atoms with van der Waals surface area (Å²) in [5, 5.41) is 8.62. The van der Waals surface area contributed by atoms with Crippen LogP contribution < -0.4 is 4.74 Å². The monoisotopic (exact) mass is 350 g/mol. The number of benzene rings is 1. The average Bonchev–Trinajstić information content (AvgIpc) is 3.11. The molecule has 0 N–H and O–H groups in total. The number of amides is 1. The smallest absolute Gasteiger partial charge is 0.257 e. The van der Waals surface area contributed by atoms with Crippen LogP contribution in [0.1, 0.15) is 40.5 Å². The number of fused-ring (bicyclic) bond motifs is 1. The molecule has 0 unspecified atom stereocenters. The minimum atomic E-state index is 0.0371. The normalized spacial score (nSPS) is 15.4. The molecule has 26 heavy (non-hydrogen) atoms. The van der Waals surface area contributed by atoms with Crippen LogP contribution in [0.25, 0.3) is 5.65 Å². The summed E-state index contributed by atoms with van der Waals surface area (Å²) in [5.41, 5.74) is 2.56. The van der Waals surface area contributed by atoms with Gasteiger partial charge < -0.3 is 9.64 Å². The molecule has 1 saturated heterocycles. The van der Waals surface area contributed by atoms with Crippen LogP contribution in [0.4, 0.5) is 0 Å². The van der Waals surface area contributed by atoms with Gasteiger partial charge in [0.15, 0.2) is 5.65 Å². The van der Waals surface area contributed by atoms with Crippen molar-refractivity contribution in [2.45, 2.75) is 25.7 Å². The fraction of sp³-hybridized carbons (Fsp3) is 0.350. The third-order valence-electron chi connectivity index (χ3n) is 5.07. The Hall–Kier alpha value is -2.89. The third kappa shape index (κ3) is 2.92. The standard InChI is InChI=1S/C20H22N4O2/c1-14-6-7-17(26-2)16(13-14)20(25)23-11-8-15(9-12-23)19-22-21-18-5-3-4-10-24(18)19/h3-7,10,13,15H,8-9,11-12H2,1-2H3. The lowest BCUT2D eigenvalue weighted by atomic mass is 9.95. The quantitative estimate of drug-likeness (QED) is 0.728. The Morgan fingerprint density at radius 3 is 2.73 bits per heavy atom. The molecule has 0 saturated carbocycles. The van der Waals surface area contributed by atoms with Crippen molar-refractivity contribution in [3.8, 4) is 5.75 Å². The van der Waals surface area contributed by atoms with Crippen LogP contribution in [0.3, 0.4) is 0 Å². The highest BCUT2D eigenvalue weighted by molar-refractivity contribution is 5.97. The van der Waals surface area contributed by atoms with Gasteiger partial charge in [-0.1, -0.05) is 17.7 Å². The molecule has 0 atom stereocenters. The van der Waals surface area contributed by atoms with E-state index in [9.17, 15) is 4.79 Å². The summed E-state index contributed by atoms with van der Waals surface area (Å²) in [6, 6.07) is 11.6. The minimum absolute atomic E-state index is 0.0371. The number of aromatic nitrogens is 3. The molecule has 1 aromatic carbocycles. The van der Waals surface area contributed by atoms with E-state index < -0.39 is 0 Å². The first kappa shape index (κ1) is 16.6.